The van der Waals surface area contributed by atoms with Crippen LogP contribution in [-0.2, 0) is 4.74 Å². The van der Waals surface area contributed by atoms with Gasteiger partial charge in [-0.1, -0.05) is 0 Å². The van der Waals surface area contributed by atoms with Crippen LogP contribution in [0.4, 0.5) is 0 Å². The molecular weight excluding hydrogens is 250 g/mol. The van der Waals surface area contributed by atoms with Crippen molar-refractivity contribution in [2.24, 2.45) is 0 Å². The average Bonchev–Trinajstić information content (AvgIpc) is 2.20. The van der Waals surface area contributed by atoms with Crippen molar-refractivity contribution in [3.05, 3.63) is 27.7 Å². The predicted octanol–water partition coefficient (Wildman–Crippen LogP) is 1.81. The number of halogens is 1. The summed E-state index contributed by atoms with van der Waals surface area (Å²) in [6.07, 6.45) is 0. The Morgan fingerprint density at radius 2 is 2.29 bits per heavy atom. The second-order valence-corrected chi connectivity index (χ2v) is 3.28. The number of aromatic hydroxyl groups is 1. The van der Waals surface area contributed by atoms with Crippen LogP contribution in [0.25, 0.3) is 0 Å². The normalized spacial score (nSPS) is 9.21. The third-order valence-corrected chi connectivity index (χ3v) is 2.29. The molecule has 0 aliphatic carbocycles. The van der Waals surface area contributed by atoms with Gasteiger partial charge in [0.05, 0.1) is 17.1 Å². The molecule has 72 valence electrons. The standard InChI is InChI=1S/C9H6BrNO3/c1-14-9(13)5-2-3-7(10)8(12)6(5)4-11/h2-3,12H,1H3. The van der Waals surface area contributed by atoms with E-state index in [1.165, 1.54) is 19.2 Å². The van der Waals surface area contributed by atoms with Gasteiger partial charge in [0.1, 0.15) is 17.4 Å². The number of ether oxygens (including phenoxy) is 1. The zero-order valence-electron chi connectivity index (χ0n) is 7.24. The van der Waals surface area contributed by atoms with Crippen molar-refractivity contribution in [3.8, 4) is 11.8 Å². The largest absolute Gasteiger partial charge is 0.505 e. The second kappa shape index (κ2) is 4.11. The highest BCUT2D eigenvalue weighted by Gasteiger charge is 2.16. The Balaban J connectivity index is 3.40. The number of esters is 1. The molecule has 0 saturated carbocycles. The van der Waals surface area contributed by atoms with E-state index in [0.29, 0.717) is 4.47 Å². The summed E-state index contributed by atoms with van der Waals surface area (Å²) < 4.78 is 4.82. The van der Waals surface area contributed by atoms with Gasteiger partial charge in [-0.3, -0.25) is 0 Å². The molecule has 0 fully saturated rings. The molecule has 0 atom stereocenters. The average molecular weight is 256 g/mol. The smallest absolute Gasteiger partial charge is 0.339 e. The van der Waals surface area contributed by atoms with Crippen LogP contribution < -0.4 is 0 Å². The first kappa shape index (κ1) is 10.5. The predicted molar refractivity (Wildman–Crippen MR) is 51.9 cm³/mol. The molecule has 0 aliphatic heterocycles. The molecule has 1 rings (SSSR count). The fraction of sp³-hybridized carbons (Fsp3) is 0.111. The van der Waals surface area contributed by atoms with Crippen LogP contribution in [0.15, 0.2) is 16.6 Å². The molecule has 0 aliphatic rings. The Hall–Kier alpha value is -1.54. The van der Waals surface area contributed by atoms with Crippen molar-refractivity contribution in [2.75, 3.05) is 7.11 Å². The fourth-order valence-corrected chi connectivity index (χ4v) is 1.29. The van der Waals surface area contributed by atoms with Crippen LogP contribution in [0, 0.1) is 11.3 Å². The molecule has 14 heavy (non-hydrogen) atoms. The van der Waals surface area contributed by atoms with E-state index in [1.807, 2.05) is 0 Å². The van der Waals surface area contributed by atoms with Gasteiger partial charge in [0.2, 0.25) is 0 Å². The topological polar surface area (TPSA) is 70.3 Å². The Morgan fingerprint density at radius 1 is 1.64 bits per heavy atom. The van der Waals surface area contributed by atoms with Crippen LogP contribution in [0.3, 0.4) is 0 Å². The van der Waals surface area contributed by atoms with Crippen LogP contribution in [0.1, 0.15) is 15.9 Å². The number of nitrogens with zero attached hydrogens (tertiary/aromatic N) is 1. The molecule has 5 heteroatoms. The number of hydrogen-bond acceptors (Lipinski definition) is 4. The van der Waals surface area contributed by atoms with Gasteiger partial charge < -0.3 is 9.84 Å². The highest BCUT2D eigenvalue weighted by atomic mass is 79.9. The number of benzene rings is 1. The molecule has 4 nitrogen and oxygen atoms in total. The summed E-state index contributed by atoms with van der Waals surface area (Å²) in [4.78, 5) is 11.2. The van der Waals surface area contributed by atoms with E-state index in [0.717, 1.165) is 0 Å². The van der Waals surface area contributed by atoms with Crippen molar-refractivity contribution >= 4 is 21.9 Å². The van der Waals surface area contributed by atoms with Crippen LogP contribution in [0.2, 0.25) is 0 Å². The number of hydrogen-bond donors (Lipinski definition) is 1. The summed E-state index contributed by atoms with van der Waals surface area (Å²) >= 11 is 3.04. The summed E-state index contributed by atoms with van der Waals surface area (Å²) in [6.45, 7) is 0. The molecule has 0 radical (unpaired) electrons. The molecule has 1 aromatic carbocycles. The molecule has 0 aromatic heterocycles. The highest BCUT2D eigenvalue weighted by molar-refractivity contribution is 9.10. The lowest BCUT2D eigenvalue weighted by molar-refractivity contribution is 0.0600. The van der Waals surface area contributed by atoms with Crippen molar-refractivity contribution < 1.29 is 14.6 Å². The van der Waals surface area contributed by atoms with Gasteiger partial charge in [-0.25, -0.2) is 4.79 Å². The van der Waals surface area contributed by atoms with Crippen LogP contribution >= 0.6 is 15.9 Å². The summed E-state index contributed by atoms with van der Waals surface area (Å²) in [6, 6.07) is 4.62. The Morgan fingerprint density at radius 3 is 2.79 bits per heavy atom. The molecule has 1 N–H and O–H groups in total. The molecular formula is C9H6BrNO3. The Labute approximate surface area is 88.9 Å². The number of phenolic OH excluding ortho intramolecular Hbond substituents is 1. The first-order valence-corrected chi connectivity index (χ1v) is 4.41. The summed E-state index contributed by atoms with van der Waals surface area (Å²) in [5, 5.41) is 18.2. The number of phenols is 1. The van der Waals surface area contributed by atoms with Gasteiger partial charge in [-0.2, -0.15) is 5.26 Å². The van der Waals surface area contributed by atoms with Crippen molar-refractivity contribution in [1.82, 2.24) is 0 Å². The fourth-order valence-electron chi connectivity index (χ4n) is 0.959. The van der Waals surface area contributed by atoms with Crippen molar-refractivity contribution in [2.45, 2.75) is 0 Å². The SMILES string of the molecule is COC(=O)c1ccc(Br)c(O)c1C#N. The van der Waals surface area contributed by atoms with E-state index < -0.39 is 5.97 Å². The summed E-state index contributed by atoms with van der Waals surface area (Å²) in [5.41, 5.74) is -0.0399. The third-order valence-electron chi connectivity index (χ3n) is 1.65. The second-order valence-electron chi connectivity index (χ2n) is 2.42. The van der Waals surface area contributed by atoms with Gasteiger partial charge in [-0.15, -0.1) is 0 Å². The van der Waals surface area contributed by atoms with Gasteiger partial charge in [0, 0.05) is 0 Å². The zero-order chi connectivity index (χ0) is 10.7. The Bertz CT molecular complexity index is 423. The number of rotatable bonds is 1. The van der Waals surface area contributed by atoms with Crippen molar-refractivity contribution in [1.29, 1.82) is 5.26 Å². The third kappa shape index (κ3) is 1.70. The van der Waals surface area contributed by atoms with Gasteiger partial charge in [0.15, 0.2) is 0 Å². The van der Waals surface area contributed by atoms with Crippen LogP contribution in [0.5, 0.6) is 5.75 Å². The van der Waals surface area contributed by atoms with E-state index in [2.05, 4.69) is 20.7 Å². The molecule has 0 heterocycles. The maximum atomic E-state index is 11.2. The monoisotopic (exact) mass is 255 g/mol. The minimum absolute atomic E-state index is 0.0516. The zero-order valence-corrected chi connectivity index (χ0v) is 8.83. The first-order valence-electron chi connectivity index (χ1n) is 3.61. The molecule has 0 unspecified atom stereocenters. The molecule has 0 saturated heterocycles. The van der Waals surface area contributed by atoms with E-state index in [1.54, 1.807) is 6.07 Å². The van der Waals surface area contributed by atoms with Gasteiger partial charge in [-0.05, 0) is 28.1 Å². The number of carbonyl (C=O) groups excluding carboxylic acids is 1. The van der Waals surface area contributed by atoms with E-state index in [9.17, 15) is 9.90 Å². The lowest BCUT2D eigenvalue weighted by Gasteiger charge is -2.04. The van der Waals surface area contributed by atoms with Gasteiger partial charge in [0.25, 0.3) is 0 Å². The van der Waals surface area contributed by atoms with Crippen molar-refractivity contribution in [3.63, 3.8) is 0 Å². The van der Waals surface area contributed by atoms with Gasteiger partial charge >= 0.3 is 5.97 Å². The maximum Gasteiger partial charge on any atom is 0.339 e. The van der Waals surface area contributed by atoms with E-state index in [4.69, 9.17) is 5.26 Å². The minimum Gasteiger partial charge on any atom is -0.505 e. The maximum absolute atomic E-state index is 11.2. The molecule has 0 amide bonds. The van der Waals surface area contributed by atoms with E-state index >= 15 is 0 Å². The number of nitriles is 1. The summed E-state index contributed by atoms with van der Waals surface area (Å²) in [7, 11) is 1.21. The minimum atomic E-state index is -0.649. The molecule has 0 bridgehead atoms. The quantitative estimate of drug-likeness (QED) is 0.778. The van der Waals surface area contributed by atoms with Crippen LogP contribution in [-0.4, -0.2) is 18.2 Å². The Kier molecular flexibility index (Phi) is 3.10. The number of methoxy groups -OCH3 is 1. The lowest BCUT2D eigenvalue weighted by atomic mass is 10.1. The lowest BCUT2D eigenvalue weighted by Crippen LogP contribution is -2.04. The first-order chi connectivity index (χ1) is 6.61. The molecule has 1 aromatic rings. The highest BCUT2D eigenvalue weighted by Crippen LogP contribution is 2.29. The van der Waals surface area contributed by atoms with E-state index in [-0.39, 0.29) is 16.9 Å². The number of carbonyl (C=O) groups is 1. The summed E-state index contributed by atoms with van der Waals surface area (Å²) in [5.74, 6) is -0.903. The molecule has 0 spiro atoms.